The summed E-state index contributed by atoms with van der Waals surface area (Å²) in [5, 5.41) is 7.90. The lowest BCUT2D eigenvalue weighted by Gasteiger charge is -2.26. The summed E-state index contributed by atoms with van der Waals surface area (Å²) in [6.07, 6.45) is 8.05. The zero-order valence-corrected chi connectivity index (χ0v) is 18.0. The minimum absolute atomic E-state index is 0.145. The van der Waals surface area contributed by atoms with Gasteiger partial charge in [-0.15, -0.1) is 0 Å². The predicted octanol–water partition coefficient (Wildman–Crippen LogP) is 4.50. The standard InChI is InChI=1S/C25H21FN6O/c1-14(33)22-13-28-32-24(22)30-23(17-9-18(26)12-27-11-17)31-25(32)29-19-7-6-16-8-15-4-2-3-5-20(15)21(16)10-19/h2-5,9,11-13,19H,6-8,10H2,1H3,(H,29,30,31)/t19-/m1/s1. The number of benzene rings is 1. The molecule has 0 radical (unpaired) electrons. The number of halogens is 1. The summed E-state index contributed by atoms with van der Waals surface area (Å²) in [5.74, 6) is 0.152. The molecule has 6 rings (SSSR count). The molecule has 2 aliphatic rings. The molecule has 7 nitrogen and oxygen atoms in total. The Labute approximate surface area is 189 Å². The van der Waals surface area contributed by atoms with E-state index in [1.807, 2.05) is 0 Å². The minimum atomic E-state index is -0.475. The number of carbonyl (C=O) groups excluding carboxylic acids is 1. The van der Waals surface area contributed by atoms with Gasteiger partial charge < -0.3 is 5.32 Å². The number of nitrogens with one attached hydrogen (secondary N) is 1. The Kier molecular flexibility index (Phi) is 4.53. The van der Waals surface area contributed by atoms with Gasteiger partial charge in [0.2, 0.25) is 5.95 Å². The van der Waals surface area contributed by atoms with Crippen LogP contribution in [0.25, 0.3) is 22.6 Å². The van der Waals surface area contributed by atoms with Crippen LogP contribution in [0.3, 0.4) is 0 Å². The summed E-state index contributed by atoms with van der Waals surface area (Å²) < 4.78 is 15.4. The van der Waals surface area contributed by atoms with Crippen LogP contribution in [0.2, 0.25) is 0 Å². The highest BCUT2D eigenvalue weighted by atomic mass is 19.1. The van der Waals surface area contributed by atoms with Gasteiger partial charge in [-0.05, 0) is 55.4 Å². The molecule has 8 heteroatoms. The van der Waals surface area contributed by atoms with Crippen molar-refractivity contribution in [2.24, 2.45) is 0 Å². The van der Waals surface area contributed by atoms with Crippen LogP contribution in [0, 0.1) is 5.82 Å². The molecule has 0 saturated heterocycles. The monoisotopic (exact) mass is 440 g/mol. The second-order valence-corrected chi connectivity index (χ2v) is 8.61. The zero-order valence-electron chi connectivity index (χ0n) is 18.0. The molecule has 33 heavy (non-hydrogen) atoms. The van der Waals surface area contributed by atoms with Crippen molar-refractivity contribution in [2.75, 3.05) is 5.32 Å². The average molecular weight is 440 g/mol. The maximum atomic E-state index is 13.8. The van der Waals surface area contributed by atoms with E-state index in [1.165, 1.54) is 47.7 Å². The normalized spacial score (nSPS) is 17.2. The Hall–Kier alpha value is -3.94. The van der Waals surface area contributed by atoms with Crippen LogP contribution >= 0.6 is 0 Å². The SMILES string of the molecule is CC(=O)c1cnn2c(N[C@@H]3CCC4=C(C3)c3ccccc3C4)nc(-c3cncc(F)c3)nc12. The lowest BCUT2D eigenvalue weighted by atomic mass is 9.88. The first-order valence-corrected chi connectivity index (χ1v) is 11.0. The largest absolute Gasteiger partial charge is 0.351 e. The van der Waals surface area contributed by atoms with Crippen LogP contribution in [0.5, 0.6) is 0 Å². The molecule has 3 aromatic heterocycles. The number of ketones is 1. The number of hydrogen-bond donors (Lipinski definition) is 1. The van der Waals surface area contributed by atoms with Crippen LogP contribution in [-0.4, -0.2) is 36.4 Å². The topological polar surface area (TPSA) is 85.1 Å². The van der Waals surface area contributed by atoms with Crippen LogP contribution in [0.1, 0.15) is 47.7 Å². The lowest BCUT2D eigenvalue weighted by Crippen LogP contribution is -2.25. The van der Waals surface area contributed by atoms with Gasteiger partial charge in [0.25, 0.3) is 0 Å². The Morgan fingerprint density at radius 1 is 1.18 bits per heavy atom. The van der Waals surface area contributed by atoms with Crippen molar-refractivity contribution in [2.45, 2.75) is 38.6 Å². The van der Waals surface area contributed by atoms with Gasteiger partial charge in [0, 0.05) is 17.8 Å². The second kappa shape index (κ2) is 7.58. The number of fused-ring (bicyclic) bond motifs is 3. The van der Waals surface area contributed by atoms with Gasteiger partial charge in [-0.2, -0.15) is 14.6 Å². The van der Waals surface area contributed by atoms with E-state index < -0.39 is 5.82 Å². The van der Waals surface area contributed by atoms with Crippen LogP contribution < -0.4 is 5.32 Å². The number of hydrogen-bond acceptors (Lipinski definition) is 6. The van der Waals surface area contributed by atoms with E-state index in [-0.39, 0.29) is 11.8 Å². The quantitative estimate of drug-likeness (QED) is 0.470. The van der Waals surface area contributed by atoms with Crippen molar-refractivity contribution in [3.05, 3.63) is 77.0 Å². The van der Waals surface area contributed by atoms with E-state index >= 15 is 0 Å². The molecule has 3 heterocycles. The second-order valence-electron chi connectivity index (χ2n) is 8.61. The van der Waals surface area contributed by atoms with Gasteiger partial charge in [-0.3, -0.25) is 9.78 Å². The van der Waals surface area contributed by atoms with Gasteiger partial charge in [0.15, 0.2) is 17.3 Å². The van der Waals surface area contributed by atoms with E-state index in [4.69, 9.17) is 0 Å². The number of pyridine rings is 1. The molecule has 0 fully saturated rings. The number of aromatic nitrogens is 5. The number of nitrogens with zero attached hydrogens (tertiary/aromatic N) is 5. The van der Waals surface area contributed by atoms with E-state index in [1.54, 1.807) is 4.52 Å². The highest BCUT2D eigenvalue weighted by molar-refractivity contribution is 5.99. The first-order valence-electron chi connectivity index (χ1n) is 11.0. The fourth-order valence-corrected chi connectivity index (χ4v) is 4.87. The summed E-state index contributed by atoms with van der Waals surface area (Å²) in [4.78, 5) is 25.2. The van der Waals surface area contributed by atoms with Gasteiger partial charge in [0.1, 0.15) is 5.82 Å². The third-order valence-corrected chi connectivity index (χ3v) is 6.46. The van der Waals surface area contributed by atoms with Gasteiger partial charge in [-0.1, -0.05) is 29.8 Å². The number of carbonyl (C=O) groups is 1. The molecular weight excluding hydrogens is 419 g/mol. The maximum absolute atomic E-state index is 13.8. The van der Waals surface area contributed by atoms with Crippen LogP contribution in [0.15, 0.2) is 54.5 Å². The van der Waals surface area contributed by atoms with Gasteiger partial charge >= 0.3 is 0 Å². The summed E-state index contributed by atoms with van der Waals surface area (Å²) in [6.45, 7) is 1.47. The molecule has 0 saturated carbocycles. The number of Topliss-reactive ketones (excluding diaryl/α,β-unsaturated/α-hetero) is 1. The number of rotatable bonds is 4. The van der Waals surface area contributed by atoms with Crippen molar-refractivity contribution >= 4 is 23.0 Å². The third-order valence-electron chi connectivity index (χ3n) is 6.46. The van der Waals surface area contributed by atoms with Crippen molar-refractivity contribution in [3.63, 3.8) is 0 Å². The zero-order chi connectivity index (χ0) is 22.5. The Bertz CT molecular complexity index is 1460. The molecule has 2 aliphatic carbocycles. The lowest BCUT2D eigenvalue weighted by molar-refractivity contribution is 0.101. The number of anilines is 1. The fraction of sp³-hybridized carbons (Fsp3) is 0.240. The molecular formula is C25H21FN6O. The summed E-state index contributed by atoms with van der Waals surface area (Å²) in [5.41, 5.74) is 6.90. The van der Waals surface area contributed by atoms with E-state index in [2.05, 4.69) is 49.6 Å². The summed E-state index contributed by atoms with van der Waals surface area (Å²) in [6, 6.07) is 10.1. The molecule has 164 valence electrons. The first kappa shape index (κ1) is 19.7. The summed E-state index contributed by atoms with van der Waals surface area (Å²) >= 11 is 0. The minimum Gasteiger partial charge on any atom is -0.351 e. The highest BCUT2D eigenvalue weighted by Gasteiger charge is 2.29. The highest BCUT2D eigenvalue weighted by Crippen LogP contribution is 2.42. The fourth-order valence-electron chi connectivity index (χ4n) is 4.87. The molecule has 1 atom stereocenters. The maximum Gasteiger partial charge on any atom is 0.228 e. The van der Waals surface area contributed by atoms with Crippen molar-refractivity contribution in [1.29, 1.82) is 0 Å². The Morgan fingerprint density at radius 2 is 2.06 bits per heavy atom. The Morgan fingerprint density at radius 3 is 2.91 bits per heavy atom. The van der Waals surface area contributed by atoms with Crippen LogP contribution in [-0.2, 0) is 6.42 Å². The predicted molar refractivity (Wildman–Crippen MR) is 122 cm³/mol. The molecule has 0 unspecified atom stereocenters. The van der Waals surface area contributed by atoms with Crippen molar-refractivity contribution in [1.82, 2.24) is 24.6 Å². The van der Waals surface area contributed by atoms with Crippen molar-refractivity contribution in [3.8, 4) is 11.4 Å². The number of allylic oxidation sites excluding steroid dienone is 1. The van der Waals surface area contributed by atoms with Crippen molar-refractivity contribution < 1.29 is 9.18 Å². The first-order chi connectivity index (χ1) is 16.1. The molecule has 0 spiro atoms. The van der Waals surface area contributed by atoms with Gasteiger partial charge in [-0.25, -0.2) is 9.37 Å². The molecule has 0 bridgehead atoms. The molecule has 1 N–H and O–H groups in total. The average Bonchev–Trinajstić information content (AvgIpc) is 3.41. The molecule has 0 amide bonds. The third kappa shape index (κ3) is 3.38. The smallest absolute Gasteiger partial charge is 0.228 e. The molecule has 1 aromatic carbocycles. The van der Waals surface area contributed by atoms with Crippen LogP contribution in [0.4, 0.5) is 10.3 Å². The summed E-state index contributed by atoms with van der Waals surface area (Å²) in [7, 11) is 0. The van der Waals surface area contributed by atoms with E-state index in [0.717, 1.165) is 31.9 Å². The van der Waals surface area contributed by atoms with E-state index in [9.17, 15) is 9.18 Å². The van der Waals surface area contributed by atoms with E-state index in [0.29, 0.717) is 28.5 Å². The Balaban J connectivity index is 1.39. The molecule has 0 aliphatic heterocycles. The van der Waals surface area contributed by atoms with Gasteiger partial charge in [0.05, 0.1) is 18.0 Å². The molecule has 4 aromatic rings.